The van der Waals surface area contributed by atoms with Crippen LogP contribution in [-0.4, -0.2) is 52.0 Å². The van der Waals surface area contributed by atoms with Crippen LogP contribution in [0.3, 0.4) is 0 Å². The van der Waals surface area contributed by atoms with Crippen molar-refractivity contribution in [3.8, 4) is 0 Å². The van der Waals surface area contributed by atoms with Crippen molar-refractivity contribution in [1.82, 2.24) is 9.80 Å². The molecule has 2 amide bonds. The van der Waals surface area contributed by atoms with Crippen LogP contribution in [0.4, 0.5) is 0 Å². The molecule has 5 heteroatoms. The zero-order valence-corrected chi connectivity index (χ0v) is 14.2. The standard InChI is InChI=1S/C18H26N2O3/c1-4-19(12-16-9-6-5-8-14(16)2)17(22)18(23)10-7-11-20(13-18)15(3)21/h5-6,8-9,23H,4,7,10-13H2,1-3H3. The molecule has 1 aliphatic heterocycles. The number of β-amino-alcohol motifs (C(OH)–C–C–N with tert-alkyl or cyclic N) is 1. The molecule has 0 aromatic heterocycles. The van der Waals surface area contributed by atoms with Crippen molar-refractivity contribution in [1.29, 1.82) is 0 Å². The van der Waals surface area contributed by atoms with Crippen molar-refractivity contribution in [2.45, 2.75) is 45.8 Å². The van der Waals surface area contributed by atoms with E-state index in [-0.39, 0.29) is 18.4 Å². The van der Waals surface area contributed by atoms with Crippen LogP contribution in [-0.2, 0) is 16.1 Å². The minimum Gasteiger partial charge on any atom is -0.378 e. The number of benzene rings is 1. The van der Waals surface area contributed by atoms with Gasteiger partial charge in [0.05, 0.1) is 6.54 Å². The van der Waals surface area contributed by atoms with E-state index in [2.05, 4.69) is 0 Å². The molecule has 1 atom stereocenters. The van der Waals surface area contributed by atoms with Crippen molar-refractivity contribution >= 4 is 11.8 Å². The van der Waals surface area contributed by atoms with Gasteiger partial charge in [0, 0.05) is 26.6 Å². The quantitative estimate of drug-likeness (QED) is 0.919. The van der Waals surface area contributed by atoms with E-state index in [0.29, 0.717) is 32.5 Å². The molecule has 0 radical (unpaired) electrons. The zero-order valence-electron chi connectivity index (χ0n) is 14.2. The third-order valence-corrected chi connectivity index (χ3v) is 4.61. The molecule has 1 saturated heterocycles. The molecule has 1 aromatic rings. The lowest BCUT2D eigenvalue weighted by Gasteiger charge is -2.40. The number of aryl methyl sites for hydroxylation is 1. The number of likely N-dealkylation sites (tertiary alicyclic amines) is 1. The van der Waals surface area contributed by atoms with E-state index in [0.717, 1.165) is 11.1 Å². The third-order valence-electron chi connectivity index (χ3n) is 4.61. The highest BCUT2D eigenvalue weighted by atomic mass is 16.3. The first-order valence-corrected chi connectivity index (χ1v) is 8.19. The summed E-state index contributed by atoms with van der Waals surface area (Å²) < 4.78 is 0. The van der Waals surface area contributed by atoms with Crippen LogP contribution in [0, 0.1) is 6.92 Å². The number of amides is 2. The van der Waals surface area contributed by atoms with Gasteiger partial charge in [-0.1, -0.05) is 24.3 Å². The Balaban J connectivity index is 2.15. The van der Waals surface area contributed by atoms with Crippen LogP contribution in [0.25, 0.3) is 0 Å². The van der Waals surface area contributed by atoms with Gasteiger partial charge >= 0.3 is 0 Å². The summed E-state index contributed by atoms with van der Waals surface area (Å²) >= 11 is 0. The van der Waals surface area contributed by atoms with E-state index in [9.17, 15) is 14.7 Å². The average Bonchev–Trinajstić information content (AvgIpc) is 2.53. The molecule has 1 aliphatic rings. The number of hydrogen-bond donors (Lipinski definition) is 1. The first-order valence-electron chi connectivity index (χ1n) is 8.19. The van der Waals surface area contributed by atoms with E-state index in [4.69, 9.17) is 0 Å². The molecular weight excluding hydrogens is 292 g/mol. The fraction of sp³-hybridized carbons (Fsp3) is 0.556. The zero-order chi connectivity index (χ0) is 17.0. The SMILES string of the molecule is CCN(Cc1ccccc1C)C(=O)C1(O)CCCN(C(C)=O)C1. The maximum Gasteiger partial charge on any atom is 0.256 e. The minimum atomic E-state index is -1.47. The lowest BCUT2D eigenvalue weighted by molar-refractivity contribution is -0.160. The van der Waals surface area contributed by atoms with Gasteiger partial charge in [-0.25, -0.2) is 0 Å². The number of carbonyl (C=O) groups excluding carboxylic acids is 2. The van der Waals surface area contributed by atoms with E-state index >= 15 is 0 Å². The Labute approximate surface area is 137 Å². The van der Waals surface area contributed by atoms with Crippen LogP contribution >= 0.6 is 0 Å². The summed E-state index contributed by atoms with van der Waals surface area (Å²) in [6.45, 7) is 7.09. The summed E-state index contributed by atoms with van der Waals surface area (Å²) in [5.41, 5.74) is 0.730. The monoisotopic (exact) mass is 318 g/mol. The second-order valence-corrected chi connectivity index (χ2v) is 6.32. The summed E-state index contributed by atoms with van der Waals surface area (Å²) in [7, 11) is 0. The number of likely N-dealkylation sites (N-methyl/N-ethyl adjacent to an activating group) is 1. The molecular formula is C18H26N2O3. The minimum absolute atomic E-state index is 0.0887. The van der Waals surface area contributed by atoms with Gasteiger partial charge in [0.25, 0.3) is 5.91 Å². The maximum atomic E-state index is 12.9. The molecule has 0 saturated carbocycles. The Bertz CT molecular complexity index is 587. The highest BCUT2D eigenvalue weighted by Crippen LogP contribution is 2.25. The van der Waals surface area contributed by atoms with E-state index in [1.807, 2.05) is 38.1 Å². The Morgan fingerprint density at radius 3 is 2.65 bits per heavy atom. The molecule has 1 fully saturated rings. The molecule has 5 nitrogen and oxygen atoms in total. The molecule has 0 bridgehead atoms. The smallest absolute Gasteiger partial charge is 0.256 e. The van der Waals surface area contributed by atoms with Crippen molar-refractivity contribution in [3.05, 3.63) is 35.4 Å². The Hall–Kier alpha value is -1.88. The lowest BCUT2D eigenvalue weighted by atomic mass is 9.91. The van der Waals surface area contributed by atoms with Crippen LogP contribution in [0.15, 0.2) is 24.3 Å². The van der Waals surface area contributed by atoms with Gasteiger partial charge in [0.15, 0.2) is 5.60 Å². The molecule has 23 heavy (non-hydrogen) atoms. The second-order valence-electron chi connectivity index (χ2n) is 6.32. The highest BCUT2D eigenvalue weighted by molar-refractivity contribution is 5.86. The maximum absolute atomic E-state index is 12.9. The molecule has 126 valence electrons. The molecule has 1 N–H and O–H groups in total. The molecule has 0 aliphatic carbocycles. The van der Waals surface area contributed by atoms with Gasteiger partial charge in [-0.3, -0.25) is 9.59 Å². The van der Waals surface area contributed by atoms with Gasteiger partial charge < -0.3 is 14.9 Å². The molecule has 1 heterocycles. The summed E-state index contributed by atoms with van der Waals surface area (Å²) in [5.74, 6) is -0.382. The number of piperidine rings is 1. The third kappa shape index (κ3) is 3.91. The molecule has 0 spiro atoms. The first kappa shape index (κ1) is 17.5. The van der Waals surface area contributed by atoms with Crippen molar-refractivity contribution in [2.75, 3.05) is 19.6 Å². The van der Waals surface area contributed by atoms with Crippen molar-refractivity contribution < 1.29 is 14.7 Å². The fourth-order valence-corrected chi connectivity index (χ4v) is 3.09. The van der Waals surface area contributed by atoms with Gasteiger partial charge in [0.2, 0.25) is 5.91 Å². The number of carbonyl (C=O) groups is 2. The van der Waals surface area contributed by atoms with Crippen molar-refractivity contribution in [2.24, 2.45) is 0 Å². The van der Waals surface area contributed by atoms with Gasteiger partial charge in [-0.2, -0.15) is 0 Å². The van der Waals surface area contributed by atoms with E-state index < -0.39 is 5.60 Å². The number of rotatable bonds is 4. The van der Waals surface area contributed by atoms with Crippen LogP contribution in [0.2, 0.25) is 0 Å². The highest BCUT2D eigenvalue weighted by Gasteiger charge is 2.43. The topological polar surface area (TPSA) is 60.9 Å². The van der Waals surface area contributed by atoms with Gasteiger partial charge in [-0.05, 0) is 37.8 Å². The summed E-state index contributed by atoms with van der Waals surface area (Å²) in [6.07, 6.45) is 1.05. The Morgan fingerprint density at radius 1 is 1.35 bits per heavy atom. The average molecular weight is 318 g/mol. The van der Waals surface area contributed by atoms with E-state index in [1.165, 1.54) is 6.92 Å². The fourth-order valence-electron chi connectivity index (χ4n) is 3.09. The lowest BCUT2D eigenvalue weighted by Crippen LogP contribution is -2.58. The number of nitrogens with zero attached hydrogens (tertiary/aromatic N) is 2. The molecule has 2 rings (SSSR count). The predicted molar refractivity (Wildman–Crippen MR) is 88.7 cm³/mol. The van der Waals surface area contributed by atoms with Crippen LogP contribution in [0.5, 0.6) is 0 Å². The van der Waals surface area contributed by atoms with Gasteiger partial charge in [0.1, 0.15) is 0 Å². The Morgan fingerprint density at radius 2 is 2.04 bits per heavy atom. The summed E-state index contributed by atoms with van der Waals surface area (Å²) in [4.78, 5) is 27.7. The van der Waals surface area contributed by atoms with Crippen LogP contribution < -0.4 is 0 Å². The summed E-state index contributed by atoms with van der Waals surface area (Å²) in [5, 5.41) is 10.8. The van der Waals surface area contributed by atoms with E-state index in [1.54, 1.807) is 9.80 Å². The van der Waals surface area contributed by atoms with Gasteiger partial charge in [-0.15, -0.1) is 0 Å². The van der Waals surface area contributed by atoms with Crippen LogP contribution in [0.1, 0.15) is 37.8 Å². The Kier molecular flexibility index (Phi) is 5.42. The predicted octanol–water partition coefficient (Wildman–Crippen LogP) is 1.72. The number of aliphatic hydroxyl groups is 1. The molecule has 1 unspecified atom stereocenters. The number of hydrogen-bond acceptors (Lipinski definition) is 3. The normalized spacial score (nSPS) is 21.1. The molecule has 1 aromatic carbocycles. The van der Waals surface area contributed by atoms with Crippen molar-refractivity contribution in [3.63, 3.8) is 0 Å². The summed E-state index contributed by atoms with van der Waals surface area (Å²) in [6, 6.07) is 7.93. The largest absolute Gasteiger partial charge is 0.378 e. The first-order chi connectivity index (χ1) is 10.9. The second kappa shape index (κ2) is 7.13.